The standard InChI is InChI=1S/C24H23N5O3S/c25-21-20(22(30)26-23-29(21)27-24(33-23)28-12-4-5-13-28)16-17-8-10-19(11-9-17)32-15-14-31-18-6-2-1-3-7-18/h1-3,6-11,16,25H,4-5,12-15H2/b20-16+,25-21?. The third-order valence-electron chi connectivity index (χ3n) is 5.38. The molecule has 2 aromatic rings. The molecule has 0 radical (unpaired) electrons. The number of hydrogen-bond acceptors (Lipinski definition) is 7. The smallest absolute Gasteiger partial charge is 0.283 e. The van der Waals surface area contributed by atoms with Crippen LogP contribution in [0, 0.1) is 5.41 Å². The molecule has 1 N–H and O–H groups in total. The van der Waals surface area contributed by atoms with E-state index in [1.54, 1.807) is 6.08 Å². The van der Waals surface area contributed by atoms with Crippen LogP contribution in [-0.2, 0) is 4.79 Å². The second kappa shape index (κ2) is 9.50. The van der Waals surface area contributed by atoms with Gasteiger partial charge in [0.25, 0.3) is 5.91 Å². The number of likely N-dealkylation sites (tertiary alicyclic amines) is 1. The van der Waals surface area contributed by atoms with Crippen molar-refractivity contribution in [3.63, 3.8) is 0 Å². The Labute approximate surface area is 196 Å². The van der Waals surface area contributed by atoms with Crippen LogP contribution in [0.2, 0.25) is 0 Å². The second-order valence-corrected chi connectivity index (χ2v) is 8.61. The zero-order valence-corrected chi connectivity index (χ0v) is 18.8. The van der Waals surface area contributed by atoms with Crippen molar-refractivity contribution in [1.82, 2.24) is 9.91 Å². The molecule has 33 heavy (non-hydrogen) atoms. The lowest BCUT2D eigenvalue weighted by Gasteiger charge is -2.20. The molecule has 9 heteroatoms. The summed E-state index contributed by atoms with van der Waals surface area (Å²) in [6.07, 6.45) is 3.93. The van der Waals surface area contributed by atoms with Crippen molar-refractivity contribution < 1.29 is 14.3 Å². The highest BCUT2D eigenvalue weighted by atomic mass is 32.2. The van der Waals surface area contributed by atoms with Gasteiger partial charge in [0.1, 0.15) is 24.7 Å². The number of carbonyl (C=O) groups excluding carboxylic acids is 1. The molecule has 3 aliphatic rings. The fourth-order valence-corrected chi connectivity index (χ4v) is 4.63. The number of hydrazone groups is 1. The predicted molar refractivity (Wildman–Crippen MR) is 130 cm³/mol. The van der Waals surface area contributed by atoms with Gasteiger partial charge in [-0.3, -0.25) is 10.2 Å². The van der Waals surface area contributed by atoms with Gasteiger partial charge in [-0.05, 0) is 60.5 Å². The van der Waals surface area contributed by atoms with Gasteiger partial charge in [0.05, 0.1) is 5.57 Å². The molecular weight excluding hydrogens is 438 g/mol. The van der Waals surface area contributed by atoms with Gasteiger partial charge in [-0.25, -0.2) is 0 Å². The minimum Gasteiger partial charge on any atom is -0.490 e. The van der Waals surface area contributed by atoms with Gasteiger partial charge < -0.3 is 14.4 Å². The lowest BCUT2D eigenvalue weighted by atomic mass is 10.1. The van der Waals surface area contributed by atoms with Crippen LogP contribution >= 0.6 is 11.8 Å². The summed E-state index contributed by atoms with van der Waals surface area (Å²) in [6, 6.07) is 16.9. The van der Waals surface area contributed by atoms with Crippen molar-refractivity contribution in [2.24, 2.45) is 10.1 Å². The van der Waals surface area contributed by atoms with Gasteiger partial charge in [0.15, 0.2) is 11.0 Å². The first-order valence-corrected chi connectivity index (χ1v) is 11.6. The fourth-order valence-electron chi connectivity index (χ4n) is 3.68. The van der Waals surface area contributed by atoms with E-state index in [1.165, 1.54) is 16.8 Å². The highest BCUT2D eigenvalue weighted by molar-refractivity contribution is 8.26. The fraction of sp³-hybridized carbons (Fsp3) is 0.250. The Morgan fingerprint density at radius 2 is 1.61 bits per heavy atom. The first-order valence-electron chi connectivity index (χ1n) is 10.8. The van der Waals surface area contributed by atoms with E-state index in [2.05, 4.69) is 15.0 Å². The number of hydrogen-bond donors (Lipinski definition) is 1. The molecule has 0 aliphatic carbocycles. The number of ether oxygens (including phenoxy) is 2. The second-order valence-electron chi connectivity index (χ2n) is 7.68. The molecule has 0 saturated carbocycles. The molecule has 2 aromatic carbocycles. The Kier molecular flexibility index (Phi) is 6.12. The summed E-state index contributed by atoms with van der Waals surface area (Å²) in [5.74, 6) is 1.14. The number of carbonyl (C=O) groups is 1. The minimum absolute atomic E-state index is 0.0464. The molecule has 8 nitrogen and oxygen atoms in total. The maximum Gasteiger partial charge on any atom is 0.283 e. The Balaban J connectivity index is 1.21. The average molecular weight is 462 g/mol. The molecule has 0 bridgehead atoms. The van der Waals surface area contributed by atoms with Crippen molar-refractivity contribution in [1.29, 1.82) is 5.41 Å². The van der Waals surface area contributed by atoms with E-state index in [9.17, 15) is 4.79 Å². The van der Waals surface area contributed by atoms with Crippen molar-refractivity contribution in [2.45, 2.75) is 12.8 Å². The molecule has 0 atom stereocenters. The first kappa shape index (κ1) is 21.3. The third-order valence-corrected chi connectivity index (χ3v) is 6.34. The quantitative estimate of drug-likeness (QED) is 0.520. The SMILES string of the molecule is N=C1/C(=C\c2ccc(OCCOc3ccccc3)cc2)C(=O)N=C2SC(N3CCCC3)=NN12. The predicted octanol–water partition coefficient (Wildman–Crippen LogP) is 3.82. The van der Waals surface area contributed by atoms with Gasteiger partial charge in [-0.15, -0.1) is 5.10 Å². The van der Waals surface area contributed by atoms with Crippen LogP contribution in [0.5, 0.6) is 11.5 Å². The third kappa shape index (κ3) is 4.78. The van der Waals surface area contributed by atoms with E-state index in [-0.39, 0.29) is 11.4 Å². The number of aliphatic imine (C=N–C) groups is 1. The number of rotatable bonds is 6. The Hall–Kier alpha value is -3.59. The Morgan fingerprint density at radius 1 is 0.939 bits per heavy atom. The average Bonchev–Trinajstić information content (AvgIpc) is 3.51. The van der Waals surface area contributed by atoms with E-state index in [0.717, 1.165) is 42.4 Å². The molecule has 5 rings (SSSR count). The largest absolute Gasteiger partial charge is 0.490 e. The van der Waals surface area contributed by atoms with Crippen molar-refractivity contribution in [2.75, 3.05) is 26.3 Å². The summed E-state index contributed by atoms with van der Waals surface area (Å²) in [5, 5.41) is 15.8. The summed E-state index contributed by atoms with van der Waals surface area (Å²) in [5.41, 5.74) is 1.00. The van der Waals surface area contributed by atoms with Crippen LogP contribution in [0.3, 0.4) is 0 Å². The highest BCUT2D eigenvalue weighted by Crippen LogP contribution is 2.31. The number of thioether (sulfide) groups is 1. The summed E-state index contributed by atoms with van der Waals surface area (Å²) in [6.45, 7) is 2.75. The zero-order chi connectivity index (χ0) is 22.6. The molecule has 0 aromatic heterocycles. The van der Waals surface area contributed by atoms with E-state index in [0.29, 0.717) is 24.1 Å². The number of nitrogens with zero attached hydrogens (tertiary/aromatic N) is 4. The molecule has 1 amide bonds. The van der Waals surface area contributed by atoms with Gasteiger partial charge in [-0.2, -0.15) is 10.0 Å². The van der Waals surface area contributed by atoms with Crippen LogP contribution in [-0.4, -0.2) is 58.3 Å². The summed E-state index contributed by atoms with van der Waals surface area (Å²) >= 11 is 1.35. The van der Waals surface area contributed by atoms with Crippen LogP contribution in [0.25, 0.3) is 6.08 Å². The van der Waals surface area contributed by atoms with Crippen molar-refractivity contribution in [3.8, 4) is 11.5 Å². The Morgan fingerprint density at radius 3 is 2.30 bits per heavy atom. The van der Waals surface area contributed by atoms with Crippen LogP contribution in [0.15, 0.2) is 70.3 Å². The van der Waals surface area contributed by atoms with E-state index in [1.807, 2.05) is 54.6 Å². The molecular formula is C24H23N5O3S. The lowest BCUT2D eigenvalue weighted by molar-refractivity contribution is -0.114. The van der Waals surface area contributed by atoms with E-state index < -0.39 is 5.91 Å². The van der Waals surface area contributed by atoms with Crippen LogP contribution < -0.4 is 9.47 Å². The monoisotopic (exact) mass is 461 g/mol. The van der Waals surface area contributed by atoms with Crippen LogP contribution in [0.4, 0.5) is 0 Å². The summed E-state index contributed by atoms with van der Waals surface area (Å²) in [7, 11) is 0. The number of fused-ring (bicyclic) bond motifs is 1. The lowest BCUT2D eigenvalue weighted by Crippen LogP contribution is -2.35. The number of para-hydroxylation sites is 1. The molecule has 1 saturated heterocycles. The number of amidine groups is 3. The molecule has 3 heterocycles. The number of benzene rings is 2. The topological polar surface area (TPSA) is 90.6 Å². The van der Waals surface area contributed by atoms with Crippen molar-refractivity contribution in [3.05, 3.63) is 65.7 Å². The molecule has 0 spiro atoms. The number of nitrogens with one attached hydrogen (secondary N) is 1. The normalized spacial score (nSPS) is 19.0. The maximum atomic E-state index is 12.6. The molecule has 168 valence electrons. The zero-order valence-electron chi connectivity index (χ0n) is 17.9. The van der Waals surface area contributed by atoms with Gasteiger partial charge in [0, 0.05) is 13.1 Å². The van der Waals surface area contributed by atoms with Gasteiger partial charge >= 0.3 is 0 Å². The van der Waals surface area contributed by atoms with Crippen LogP contribution in [0.1, 0.15) is 18.4 Å². The van der Waals surface area contributed by atoms with Gasteiger partial charge in [0.2, 0.25) is 5.17 Å². The summed E-state index contributed by atoms with van der Waals surface area (Å²) < 4.78 is 11.3. The summed E-state index contributed by atoms with van der Waals surface area (Å²) in [4.78, 5) is 18.9. The molecule has 3 aliphatic heterocycles. The van der Waals surface area contributed by atoms with Crippen molar-refractivity contribution >= 4 is 39.9 Å². The van der Waals surface area contributed by atoms with E-state index >= 15 is 0 Å². The van der Waals surface area contributed by atoms with E-state index in [4.69, 9.17) is 14.9 Å². The highest BCUT2D eigenvalue weighted by Gasteiger charge is 2.37. The number of amides is 1. The Bertz CT molecular complexity index is 1140. The molecule has 1 fully saturated rings. The van der Waals surface area contributed by atoms with Gasteiger partial charge in [-0.1, -0.05) is 30.3 Å². The first-order chi connectivity index (χ1) is 16.2. The molecule has 0 unspecified atom stereocenters. The minimum atomic E-state index is -0.421. The maximum absolute atomic E-state index is 12.6.